The zero-order chi connectivity index (χ0) is 12.5. The van der Waals surface area contributed by atoms with E-state index in [1.54, 1.807) is 0 Å². The van der Waals surface area contributed by atoms with Crippen molar-refractivity contribution in [1.82, 2.24) is 5.32 Å². The summed E-state index contributed by atoms with van der Waals surface area (Å²) in [4.78, 5) is 10.5. The van der Waals surface area contributed by atoms with Crippen LogP contribution in [0.15, 0.2) is 24.3 Å². The molecule has 90 valence electrons. The van der Waals surface area contributed by atoms with E-state index in [0.29, 0.717) is 25.3 Å². The predicted molar refractivity (Wildman–Crippen MR) is 63.1 cm³/mol. The fourth-order valence-electron chi connectivity index (χ4n) is 1.34. The van der Waals surface area contributed by atoms with Crippen LogP contribution in [0.4, 0.5) is 0 Å². The minimum atomic E-state index is -0.327. The van der Waals surface area contributed by atoms with Gasteiger partial charge in [-0.15, -0.1) is 0 Å². The molecule has 5 nitrogen and oxygen atoms in total. The third-order valence-electron chi connectivity index (χ3n) is 2.13. The molecular formula is C12H15N3O2. The molecule has 1 amide bonds. The van der Waals surface area contributed by atoms with Gasteiger partial charge in [-0.25, -0.2) is 0 Å². The monoisotopic (exact) mass is 233 g/mol. The second kappa shape index (κ2) is 7.25. The fraction of sp³-hybridized carbons (Fsp3) is 0.333. The molecule has 1 rings (SSSR count). The zero-order valence-electron chi connectivity index (χ0n) is 9.48. The molecule has 0 atom stereocenters. The highest BCUT2D eigenvalue weighted by atomic mass is 16.5. The molecule has 17 heavy (non-hydrogen) atoms. The molecule has 0 spiro atoms. The van der Waals surface area contributed by atoms with Crippen LogP contribution in [0.5, 0.6) is 5.75 Å². The number of nitrogens with zero attached hydrogens (tertiary/aromatic N) is 1. The average Bonchev–Trinajstić information content (AvgIpc) is 2.33. The largest absolute Gasteiger partial charge is 0.478 e. The number of carbonyl (C=O) groups excluding carboxylic acids is 1. The summed E-state index contributed by atoms with van der Waals surface area (Å²) < 4.78 is 5.27. The first-order chi connectivity index (χ1) is 8.24. The number of carbonyl (C=O) groups is 1. The Morgan fingerprint density at radius 2 is 2.24 bits per heavy atom. The van der Waals surface area contributed by atoms with Gasteiger partial charge < -0.3 is 15.8 Å². The quantitative estimate of drug-likeness (QED) is 0.673. The van der Waals surface area contributed by atoms with E-state index < -0.39 is 0 Å². The van der Waals surface area contributed by atoms with Crippen LogP contribution >= 0.6 is 0 Å². The minimum absolute atomic E-state index is 0.0261. The van der Waals surface area contributed by atoms with Crippen LogP contribution < -0.4 is 15.8 Å². The summed E-state index contributed by atoms with van der Waals surface area (Å²) in [7, 11) is 0. The summed E-state index contributed by atoms with van der Waals surface area (Å²) in [6.45, 7) is 1.13. The van der Waals surface area contributed by atoms with E-state index in [9.17, 15) is 4.79 Å². The molecule has 0 bridgehead atoms. The van der Waals surface area contributed by atoms with Gasteiger partial charge in [-0.05, 0) is 6.07 Å². The van der Waals surface area contributed by atoms with Crippen molar-refractivity contribution in [2.24, 2.45) is 5.73 Å². The number of hydrogen-bond donors (Lipinski definition) is 2. The summed E-state index contributed by atoms with van der Waals surface area (Å²) in [6.07, 6.45) is 0.307. The van der Waals surface area contributed by atoms with Gasteiger partial charge in [-0.3, -0.25) is 4.79 Å². The Hall–Kier alpha value is -2.06. The summed E-state index contributed by atoms with van der Waals surface area (Å²) in [6, 6.07) is 9.38. The molecule has 0 radical (unpaired) electrons. The van der Waals surface area contributed by atoms with Gasteiger partial charge in [0.1, 0.15) is 11.8 Å². The Morgan fingerprint density at radius 1 is 1.47 bits per heavy atom. The van der Waals surface area contributed by atoms with Crippen molar-refractivity contribution >= 4 is 5.91 Å². The number of ether oxygens (including phenoxy) is 1. The van der Waals surface area contributed by atoms with Crippen molar-refractivity contribution in [2.75, 3.05) is 13.2 Å². The molecule has 0 fully saturated rings. The van der Waals surface area contributed by atoms with Gasteiger partial charge in [0.25, 0.3) is 0 Å². The van der Waals surface area contributed by atoms with Gasteiger partial charge in [0.15, 0.2) is 6.61 Å². The maximum absolute atomic E-state index is 10.5. The maximum atomic E-state index is 10.5. The molecule has 3 N–H and O–H groups in total. The van der Waals surface area contributed by atoms with Crippen molar-refractivity contribution in [1.29, 1.82) is 5.26 Å². The average molecular weight is 233 g/mol. The number of para-hydroxylation sites is 1. The molecule has 0 heterocycles. The second-order valence-corrected chi connectivity index (χ2v) is 3.45. The number of amides is 1. The molecule has 0 saturated carbocycles. The summed E-state index contributed by atoms with van der Waals surface area (Å²) in [5, 5.41) is 11.5. The predicted octanol–water partition coefficient (Wildman–Crippen LogP) is 0.554. The van der Waals surface area contributed by atoms with E-state index in [-0.39, 0.29) is 12.5 Å². The lowest BCUT2D eigenvalue weighted by Crippen LogP contribution is -2.21. The van der Waals surface area contributed by atoms with Gasteiger partial charge in [-0.1, -0.05) is 18.2 Å². The molecule has 0 aliphatic heterocycles. The zero-order valence-corrected chi connectivity index (χ0v) is 9.48. The Bertz CT molecular complexity index is 412. The number of rotatable bonds is 7. The lowest BCUT2D eigenvalue weighted by molar-refractivity contribution is -0.117. The Kier molecular flexibility index (Phi) is 5.55. The first-order valence-electron chi connectivity index (χ1n) is 5.30. The van der Waals surface area contributed by atoms with Crippen molar-refractivity contribution in [3.63, 3.8) is 0 Å². The molecular weight excluding hydrogens is 218 g/mol. The van der Waals surface area contributed by atoms with Crippen LogP contribution in [0.25, 0.3) is 0 Å². The van der Waals surface area contributed by atoms with Crippen LogP contribution in [0.1, 0.15) is 12.0 Å². The molecule has 5 heteroatoms. The second-order valence-electron chi connectivity index (χ2n) is 3.45. The van der Waals surface area contributed by atoms with E-state index >= 15 is 0 Å². The molecule has 0 aliphatic carbocycles. The summed E-state index contributed by atoms with van der Waals surface area (Å²) >= 11 is 0. The summed E-state index contributed by atoms with van der Waals surface area (Å²) in [5.74, 6) is 0.354. The van der Waals surface area contributed by atoms with E-state index in [4.69, 9.17) is 15.7 Å². The topological polar surface area (TPSA) is 88.1 Å². The fourth-order valence-corrected chi connectivity index (χ4v) is 1.34. The number of nitriles is 1. The molecule has 0 unspecified atom stereocenters. The summed E-state index contributed by atoms with van der Waals surface area (Å²) in [5.41, 5.74) is 5.98. The van der Waals surface area contributed by atoms with E-state index in [0.717, 1.165) is 5.56 Å². The van der Waals surface area contributed by atoms with Crippen LogP contribution in [0.2, 0.25) is 0 Å². The van der Waals surface area contributed by atoms with E-state index in [2.05, 4.69) is 5.32 Å². The smallest absolute Gasteiger partial charge is 0.218 e. The van der Waals surface area contributed by atoms with Crippen molar-refractivity contribution in [3.8, 4) is 11.8 Å². The van der Waals surface area contributed by atoms with Gasteiger partial charge in [-0.2, -0.15) is 5.26 Å². The maximum Gasteiger partial charge on any atom is 0.218 e. The number of nitrogens with two attached hydrogens (primary N) is 1. The van der Waals surface area contributed by atoms with Crippen molar-refractivity contribution < 1.29 is 9.53 Å². The highest BCUT2D eigenvalue weighted by Crippen LogP contribution is 2.17. The highest BCUT2D eigenvalue weighted by molar-refractivity contribution is 5.73. The Labute approximate surface area is 100 Å². The third kappa shape index (κ3) is 5.00. The Morgan fingerprint density at radius 3 is 2.94 bits per heavy atom. The van der Waals surface area contributed by atoms with Crippen LogP contribution in [-0.2, 0) is 11.3 Å². The first-order valence-corrected chi connectivity index (χ1v) is 5.30. The lowest BCUT2D eigenvalue weighted by atomic mass is 10.2. The Balaban J connectivity index is 2.46. The number of benzene rings is 1. The van der Waals surface area contributed by atoms with Gasteiger partial charge >= 0.3 is 0 Å². The number of primary amides is 1. The van der Waals surface area contributed by atoms with Crippen molar-refractivity contribution in [3.05, 3.63) is 29.8 Å². The lowest BCUT2D eigenvalue weighted by Gasteiger charge is -2.09. The number of nitrogens with one attached hydrogen (secondary N) is 1. The van der Waals surface area contributed by atoms with Crippen molar-refractivity contribution in [2.45, 2.75) is 13.0 Å². The third-order valence-corrected chi connectivity index (χ3v) is 2.13. The van der Waals surface area contributed by atoms with E-state index in [1.165, 1.54) is 0 Å². The molecule has 0 saturated heterocycles. The van der Waals surface area contributed by atoms with Crippen LogP contribution in [0.3, 0.4) is 0 Å². The standard InChI is InChI=1S/C12H15N3O2/c13-6-8-17-11-4-2-1-3-10(11)9-15-7-5-12(14)16/h1-4,15H,5,7-9H2,(H2,14,16). The molecule has 1 aromatic carbocycles. The van der Waals surface area contributed by atoms with Gasteiger partial charge in [0.2, 0.25) is 5.91 Å². The normalized spacial score (nSPS) is 9.59. The van der Waals surface area contributed by atoms with Crippen LogP contribution in [-0.4, -0.2) is 19.1 Å². The van der Waals surface area contributed by atoms with Gasteiger partial charge in [0, 0.05) is 25.1 Å². The van der Waals surface area contributed by atoms with E-state index in [1.807, 2.05) is 30.3 Å². The molecule has 1 aromatic rings. The molecule has 0 aromatic heterocycles. The molecule has 0 aliphatic rings. The SMILES string of the molecule is N#CCOc1ccccc1CNCCC(N)=O. The first kappa shape index (κ1) is 13.0. The van der Waals surface area contributed by atoms with Crippen LogP contribution in [0, 0.1) is 11.3 Å². The highest BCUT2D eigenvalue weighted by Gasteiger charge is 2.02. The minimum Gasteiger partial charge on any atom is -0.478 e. The number of hydrogen-bond acceptors (Lipinski definition) is 4. The van der Waals surface area contributed by atoms with Gasteiger partial charge in [0.05, 0.1) is 0 Å².